The van der Waals surface area contributed by atoms with Gasteiger partial charge in [-0.15, -0.1) is 0 Å². The molecule has 6 nitrogen and oxygen atoms in total. The summed E-state index contributed by atoms with van der Waals surface area (Å²) in [5, 5.41) is 6.98. The lowest BCUT2D eigenvalue weighted by Crippen LogP contribution is -2.25. The normalized spacial score (nSPS) is 10.5. The Kier molecular flexibility index (Phi) is 6.19. The molecule has 2 N–H and O–H groups in total. The number of amides is 1. The van der Waals surface area contributed by atoms with E-state index < -0.39 is 0 Å². The largest absolute Gasteiger partial charge is 0.493 e. The fraction of sp³-hybridized carbons (Fsp3) is 0.222. The Morgan fingerprint density at radius 1 is 1.12 bits per heavy atom. The molecule has 0 atom stereocenters. The predicted octanol–water partition coefficient (Wildman–Crippen LogP) is 2.57. The van der Waals surface area contributed by atoms with Crippen molar-refractivity contribution in [1.82, 2.24) is 5.43 Å². The van der Waals surface area contributed by atoms with E-state index >= 15 is 0 Å². The molecule has 0 aliphatic heterocycles. The summed E-state index contributed by atoms with van der Waals surface area (Å²) < 4.78 is 10.5. The summed E-state index contributed by atoms with van der Waals surface area (Å²) in [6.07, 6.45) is 1.52. The number of aryl methyl sites for hydroxylation is 1. The number of carbonyl (C=O) groups excluding carboxylic acids is 1. The Labute approximate surface area is 141 Å². The lowest BCUT2D eigenvalue weighted by Gasteiger charge is -2.09. The van der Waals surface area contributed by atoms with Gasteiger partial charge in [0.25, 0.3) is 5.91 Å². The molecule has 0 aromatic heterocycles. The van der Waals surface area contributed by atoms with Crippen molar-refractivity contribution in [3.05, 3.63) is 53.6 Å². The van der Waals surface area contributed by atoms with E-state index in [1.807, 2.05) is 43.3 Å². The molecule has 0 aliphatic rings. The molecule has 0 saturated carbocycles. The average molecular weight is 327 g/mol. The number of nitrogens with one attached hydrogen (secondary N) is 2. The van der Waals surface area contributed by atoms with Gasteiger partial charge in [-0.25, -0.2) is 5.43 Å². The number of rotatable bonds is 7. The van der Waals surface area contributed by atoms with Crippen LogP contribution in [0, 0.1) is 6.92 Å². The van der Waals surface area contributed by atoms with Gasteiger partial charge in [-0.05, 0) is 31.2 Å². The smallest absolute Gasteiger partial charge is 0.259 e. The second-order valence-corrected chi connectivity index (χ2v) is 5.10. The zero-order valence-corrected chi connectivity index (χ0v) is 14.0. The summed E-state index contributed by atoms with van der Waals surface area (Å²) >= 11 is 0. The average Bonchev–Trinajstić information content (AvgIpc) is 2.61. The van der Waals surface area contributed by atoms with Gasteiger partial charge in [0.1, 0.15) is 0 Å². The summed E-state index contributed by atoms with van der Waals surface area (Å²) in [6.45, 7) is 2.15. The molecular formula is C18H21N3O3. The van der Waals surface area contributed by atoms with Gasteiger partial charge in [-0.2, -0.15) is 5.10 Å². The highest BCUT2D eigenvalue weighted by atomic mass is 16.5. The van der Waals surface area contributed by atoms with Crippen molar-refractivity contribution in [3.63, 3.8) is 0 Å². The van der Waals surface area contributed by atoms with Crippen molar-refractivity contribution in [2.75, 3.05) is 26.1 Å². The van der Waals surface area contributed by atoms with Crippen molar-refractivity contribution < 1.29 is 14.3 Å². The molecule has 1 amide bonds. The number of ether oxygens (including phenoxy) is 2. The van der Waals surface area contributed by atoms with E-state index in [0.717, 1.165) is 5.69 Å². The Morgan fingerprint density at radius 2 is 1.88 bits per heavy atom. The number of benzene rings is 2. The fourth-order valence-corrected chi connectivity index (χ4v) is 2.08. The summed E-state index contributed by atoms with van der Waals surface area (Å²) in [4.78, 5) is 11.8. The molecule has 0 unspecified atom stereocenters. The minimum atomic E-state index is -0.242. The standard InChI is InChI=1S/C18H21N3O3/c1-13-7-9-15(10-8-13)19-12-17(22)21-20-11-14-5-4-6-16(23-2)18(14)24-3/h4-11,19H,12H2,1-3H3,(H,21,22)/b20-11+. The minimum Gasteiger partial charge on any atom is -0.493 e. The van der Waals surface area contributed by atoms with Crippen LogP contribution in [0.25, 0.3) is 0 Å². The van der Waals surface area contributed by atoms with Gasteiger partial charge in [0.2, 0.25) is 0 Å². The van der Waals surface area contributed by atoms with Crippen LogP contribution < -0.4 is 20.2 Å². The van der Waals surface area contributed by atoms with Gasteiger partial charge in [0, 0.05) is 11.3 Å². The molecule has 0 fully saturated rings. The third kappa shape index (κ3) is 4.74. The van der Waals surface area contributed by atoms with Crippen LogP contribution in [0.4, 0.5) is 5.69 Å². The summed E-state index contributed by atoms with van der Waals surface area (Å²) in [7, 11) is 3.12. The van der Waals surface area contributed by atoms with E-state index in [1.165, 1.54) is 11.8 Å². The van der Waals surface area contributed by atoms with Crippen LogP contribution in [-0.2, 0) is 4.79 Å². The van der Waals surface area contributed by atoms with Crippen molar-refractivity contribution >= 4 is 17.8 Å². The zero-order chi connectivity index (χ0) is 17.4. The fourth-order valence-electron chi connectivity index (χ4n) is 2.08. The van der Waals surface area contributed by atoms with Crippen LogP contribution in [0.3, 0.4) is 0 Å². The van der Waals surface area contributed by atoms with E-state index in [1.54, 1.807) is 20.3 Å². The van der Waals surface area contributed by atoms with Crippen LogP contribution in [0.5, 0.6) is 11.5 Å². The second kappa shape index (κ2) is 8.57. The zero-order valence-electron chi connectivity index (χ0n) is 14.0. The third-order valence-corrected chi connectivity index (χ3v) is 3.33. The molecule has 2 aromatic rings. The van der Waals surface area contributed by atoms with Crippen molar-refractivity contribution in [1.29, 1.82) is 0 Å². The monoisotopic (exact) mass is 327 g/mol. The van der Waals surface area contributed by atoms with Crippen molar-refractivity contribution in [3.8, 4) is 11.5 Å². The molecule has 0 aliphatic carbocycles. The lowest BCUT2D eigenvalue weighted by atomic mass is 10.2. The number of anilines is 1. The first-order valence-electron chi connectivity index (χ1n) is 7.47. The second-order valence-electron chi connectivity index (χ2n) is 5.10. The van der Waals surface area contributed by atoms with Gasteiger partial charge in [0.05, 0.1) is 27.0 Å². The quantitative estimate of drug-likeness (QED) is 0.606. The number of para-hydroxylation sites is 1. The Morgan fingerprint density at radius 3 is 2.54 bits per heavy atom. The molecule has 0 radical (unpaired) electrons. The van der Waals surface area contributed by atoms with Crippen LogP contribution in [-0.4, -0.2) is 32.9 Å². The highest BCUT2D eigenvalue weighted by Crippen LogP contribution is 2.29. The maximum absolute atomic E-state index is 11.8. The molecule has 126 valence electrons. The molecular weight excluding hydrogens is 306 g/mol. The lowest BCUT2D eigenvalue weighted by molar-refractivity contribution is -0.119. The van der Waals surface area contributed by atoms with E-state index in [9.17, 15) is 4.79 Å². The molecule has 24 heavy (non-hydrogen) atoms. The molecule has 0 saturated heterocycles. The third-order valence-electron chi connectivity index (χ3n) is 3.33. The van der Waals surface area contributed by atoms with Gasteiger partial charge >= 0.3 is 0 Å². The van der Waals surface area contributed by atoms with Gasteiger partial charge < -0.3 is 14.8 Å². The van der Waals surface area contributed by atoms with Crippen molar-refractivity contribution in [2.24, 2.45) is 5.10 Å². The number of carbonyl (C=O) groups is 1. The maximum atomic E-state index is 11.8. The number of hydrogen-bond donors (Lipinski definition) is 2. The summed E-state index contributed by atoms with van der Waals surface area (Å²) in [6, 6.07) is 13.2. The van der Waals surface area contributed by atoms with E-state index in [0.29, 0.717) is 17.1 Å². The molecule has 0 bridgehead atoms. The Hall–Kier alpha value is -3.02. The SMILES string of the molecule is COc1cccc(/C=N/NC(=O)CNc2ccc(C)cc2)c1OC. The molecule has 0 heterocycles. The first kappa shape index (κ1) is 17.3. The predicted molar refractivity (Wildman–Crippen MR) is 95.0 cm³/mol. The topological polar surface area (TPSA) is 72.0 Å². The number of methoxy groups -OCH3 is 2. The van der Waals surface area contributed by atoms with Gasteiger partial charge in [-0.3, -0.25) is 4.79 Å². The van der Waals surface area contributed by atoms with Gasteiger partial charge in [-0.1, -0.05) is 23.8 Å². The first-order valence-corrected chi connectivity index (χ1v) is 7.47. The van der Waals surface area contributed by atoms with E-state index in [2.05, 4.69) is 15.8 Å². The van der Waals surface area contributed by atoms with Crippen LogP contribution in [0.2, 0.25) is 0 Å². The molecule has 2 rings (SSSR count). The molecule has 2 aromatic carbocycles. The Balaban J connectivity index is 1.89. The van der Waals surface area contributed by atoms with Crippen LogP contribution in [0.1, 0.15) is 11.1 Å². The maximum Gasteiger partial charge on any atom is 0.259 e. The molecule has 0 spiro atoms. The summed E-state index contributed by atoms with van der Waals surface area (Å²) in [5.74, 6) is 0.929. The molecule has 6 heteroatoms. The van der Waals surface area contributed by atoms with Gasteiger partial charge in [0.15, 0.2) is 11.5 Å². The highest BCUT2D eigenvalue weighted by Gasteiger charge is 2.07. The Bertz CT molecular complexity index is 712. The minimum absolute atomic E-state index is 0.135. The van der Waals surface area contributed by atoms with Crippen molar-refractivity contribution in [2.45, 2.75) is 6.92 Å². The van der Waals surface area contributed by atoms with Crippen LogP contribution >= 0.6 is 0 Å². The number of hydrazone groups is 1. The number of hydrogen-bond acceptors (Lipinski definition) is 5. The highest BCUT2D eigenvalue weighted by molar-refractivity contribution is 5.87. The number of nitrogens with zero attached hydrogens (tertiary/aromatic N) is 1. The van der Waals surface area contributed by atoms with E-state index in [-0.39, 0.29) is 12.5 Å². The first-order chi connectivity index (χ1) is 11.6. The van der Waals surface area contributed by atoms with E-state index in [4.69, 9.17) is 9.47 Å². The summed E-state index contributed by atoms with van der Waals surface area (Å²) in [5.41, 5.74) is 5.24. The van der Waals surface area contributed by atoms with Crippen LogP contribution in [0.15, 0.2) is 47.6 Å².